The number of hydrogen-bond acceptors (Lipinski definition) is 8. The summed E-state index contributed by atoms with van der Waals surface area (Å²) in [5.41, 5.74) is -0.928. The number of aliphatic carboxylic acids is 1. The van der Waals surface area contributed by atoms with E-state index in [-0.39, 0.29) is 18.0 Å². The summed E-state index contributed by atoms with van der Waals surface area (Å²) in [6.45, 7) is -0.187. The number of carboxylic acid groups (broad SMARTS) is 1. The van der Waals surface area contributed by atoms with E-state index < -0.39 is 34.0 Å². The van der Waals surface area contributed by atoms with Crippen LogP contribution in [0.2, 0.25) is 0 Å². The fourth-order valence-electron chi connectivity index (χ4n) is 3.10. The molecule has 1 fully saturated rings. The van der Waals surface area contributed by atoms with Gasteiger partial charge in [0, 0.05) is 30.3 Å². The average Bonchev–Trinajstić information content (AvgIpc) is 2.74. The van der Waals surface area contributed by atoms with Gasteiger partial charge in [0.2, 0.25) is 0 Å². The highest BCUT2D eigenvalue weighted by Gasteiger charge is 2.66. The van der Waals surface area contributed by atoms with E-state index in [0.29, 0.717) is 22.2 Å². The van der Waals surface area contributed by atoms with Crippen molar-refractivity contribution in [2.24, 2.45) is 0 Å². The van der Waals surface area contributed by atoms with Crippen LogP contribution in [0.4, 0.5) is 10.5 Å². The maximum absolute atomic E-state index is 12.8. The van der Waals surface area contributed by atoms with Gasteiger partial charge in [-0.2, -0.15) is 0 Å². The Morgan fingerprint density at radius 1 is 1.43 bits per heavy atom. The van der Waals surface area contributed by atoms with Gasteiger partial charge in [0.15, 0.2) is 0 Å². The van der Waals surface area contributed by atoms with E-state index in [1.807, 2.05) is 0 Å². The molecule has 1 aromatic carbocycles. The number of alkyl carbamates (subject to hydrolysis) is 1. The quantitative estimate of drug-likeness (QED) is 0.187. The van der Waals surface area contributed by atoms with E-state index in [2.05, 4.69) is 21.2 Å². The Bertz CT molecular complexity index is 937. The van der Waals surface area contributed by atoms with Crippen molar-refractivity contribution in [3.63, 3.8) is 0 Å². The number of nitro benzene ring substituents is 1. The molecular formula is C17H16BrN3O8S. The SMILES string of the molecule is COC1(NC(=O)OCc2ccc([N+](=O)[O-])cc2)C(=O)N2C(C(=O)O)=C(CBr)CS[C@H]21. The number of fused-ring (bicyclic) bond motifs is 1. The van der Waals surface area contributed by atoms with Crippen LogP contribution < -0.4 is 5.32 Å². The standard InChI is InChI=1S/C17H16BrN3O8S/c1-28-17(14(24)20-12(13(22)23)10(6-18)8-30-15(17)20)19-16(25)29-7-9-2-4-11(5-3-9)21(26)27/h2-5,15H,6-8H2,1H3,(H,19,25)(H,22,23)/t15-,17?/m0/s1. The Morgan fingerprint density at radius 3 is 2.63 bits per heavy atom. The van der Waals surface area contributed by atoms with Gasteiger partial charge in [-0.1, -0.05) is 15.9 Å². The summed E-state index contributed by atoms with van der Waals surface area (Å²) in [5.74, 6) is -1.62. The number of carbonyl (C=O) groups is 3. The molecule has 1 aromatic rings. The number of thioether (sulfide) groups is 1. The molecule has 30 heavy (non-hydrogen) atoms. The van der Waals surface area contributed by atoms with Crippen molar-refractivity contribution in [1.82, 2.24) is 10.2 Å². The Hall–Kier alpha value is -2.64. The second-order valence-electron chi connectivity index (χ2n) is 6.29. The zero-order valence-corrected chi connectivity index (χ0v) is 17.9. The molecule has 2 aliphatic rings. The minimum Gasteiger partial charge on any atom is -0.477 e. The maximum Gasteiger partial charge on any atom is 0.410 e. The molecule has 0 spiro atoms. The minimum atomic E-state index is -1.75. The number of rotatable bonds is 7. The first-order chi connectivity index (χ1) is 14.2. The van der Waals surface area contributed by atoms with E-state index in [1.165, 1.54) is 43.1 Å². The highest BCUT2D eigenvalue weighted by atomic mass is 79.9. The monoisotopic (exact) mass is 501 g/mol. The Labute approximate surface area is 182 Å². The summed E-state index contributed by atoms with van der Waals surface area (Å²) in [4.78, 5) is 47.9. The van der Waals surface area contributed by atoms with Gasteiger partial charge in [-0.15, -0.1) is 11.8 Å². The number of non-ortho nitro benzene ring substituents is 1. The molecule has 0 aliphatic carbocycles. The zero-order chi connectivity index (χ0) is 22.1. The van der Waals surface area contributed by atoms with Gasteiger partial charge < -0.3 is 14.6 Å². The van der Waals surface area contributed by atoms with Crippen molar-refractivity contribution < 1.29 is 33.9 Å². The molecule has 1 unspecified atom stereocenters. The van der Waals surface area contributed by atoms with Crippen LogP contribution in [-0.2, 0) is 25.7 Å². The molecule has 2 N–H and O–H groups in total. The summed E-state index contributed by atoms with van der Waals surface area (Å²) in [7, 11) is 1.23. The topological polar surface area (TPSA) is 148 Å². The molecule has 13 heteroatoms. The maximum atomic E-state index is 12.8. The lowest BCUT2D eigenvalue weighted by atomic mass is 9.99. The van der Waals surface area contributed by atoms with Crippen molar-refractivity contribution in [2.75, 3.05) is 18.2 Å². The largest absolute Gasteiger partial charge is 0.477 e. The van der Waals surface area contributed by atoms with Crippen LogP contribution in [0, 0.1) is 10.1 Å². The van der Waals surface area contributed by atoms with E-state index in [1.54, 1.807) is 0 Å². The lowest BCUT2D eigenvalue weighted by molar-refractivity contribution is -0.384. The van der Waals surface area contributed by atoms with Crippen molar-refractivity contribution in [3.8, 4) is 0 Å². The number of amides is 2. The fourth-order valence-corrected chi connectivity index (χ4v) is 5.26. The van der Waals surface area contributed by atoms with Crippen LogP contribution in [0.1, 0.15) is 5.56 Å². The minimum absolute atomic E-state index is 0.0962. The molecule has 0 radical (unpaired) electrons. The van der Waals surface area contributed by atoms with Crippen molar-refractivity contribution in [2.45, 2.75) is 17.7 Å². The predicted octanol–water partition coefficient (Wildman–Crippen LogP) is 1.81. The normalized spacial score (nSPS) is 22.8. The third-order valence-corrected chi connectivity index (χ3v) is 6.65. The number of benzene rings is 1. The second kappa shape index (κ2) is 8.62. The van der Waals surface area contributed by atoms with Gasteiger partial charge in [0.1, 0.15) is 17.7 Å². The summed E-state index contributed by atoms with van der Waals surface area (Å²) in [6, 6.07) is 5.44. The van der Waals surface area contributed by atoms with Crippen LogP contribution in [0.25, 0.3) is 0 Å². The molecular weight excluding hydrogens is 486 g/mol. The number of carbonyl (C=O) groups excluding carboxylic acids is 2. The summed E-state index contributed by atoms with van der Waals surface area (Å²) < 4.78 is 10.4. The second-order valence-corrected chi connectivity index (χ2v) is 7.92. The third-order valence-electron chi connectivity index (χ3n) is 4.60. The zero-order valence-electron chi connectivity index (χ0n) is 15.5. The smallest absolute Gasteiger partial charge is 0.410 e. The van der Waals surface area contributed by atoms with E-state index >= 15 is 0 Å². The number of hydrogen-bond donors (Lipinski definition) is 2. The molecule has 2 amide bonds. The number of nitrogens with one attached hydrogen (secondary N) is 1. The van der Waals surface area contributed by atoms with Gasteiger partial charge in [0.05, 0.1) is 4.92 Å². The molecule has 160 valence electrons. The summed E-state index contributed by atoms with van der Waals surface area (Å²) in [5, 5.41) is 22.1. The summed E-state index contributed by atoms with van der Waals surface area (Å²) in [6.07, 6.45) is -0.948. The van der Waals surface area contributed by atoms with Crippen molar-refractivity contribution in [3.05, 3.63) is 51.2 Å². The third kappa shape index (κ3) is 3.75. The number of ether oxygens (including phenoxy) is 2. The van der Waals surface area contributed by atoms with E-state index in [0.717, 1.165) is 4.90 Å². The van der Waals surface area contributed by atoms with E-state index in [9.17, 15) is 29.6 Å². The molecule has 0 saturated carbocycles. The Balaban J connectivity index is 1.69. The molecule has 1 saturated heterocycles. The number of halogens is 1. The average molecular weight is 502 g/mol. The van der Waals surface area contributed by atoms with Crippen LogP contribution >= 0.6 is 27.7 Å². The van der Waals surface area contributed by atoms with Gasteiger partial charge in [-0.25, -0.2) is 9.59 Å². The molecule has 0 aromatic heterocycles. The van der Waals surface area contributed by atoms with Gasteiger partial charge in [0.25, 0.3) is 17.3 Å². The number of alkyl halides is 1. The van der Waals surface area contributed by atoms with Crippen LogP contribution in [0.3, 0.4) is 0 Å². The first-order valence-corrected chi connectivity index (χ1v) is 10.6. The summed E-state index contributed by atoms with van der Waals surface area (Å²) >= 11 is 4.48. The number of carboxylic acids is 1. The molecule has 0 bridgehead atoms. The van der Waals surface area contributed by atoms with Crippen LogP contribution in [0.15, 0.2) is 35.5 Å². The molecule has 2 atom stereocenters. The molecule has 2 aliphatic heterocycles. The van der Waals surface area contributed by atoms with Gasteiger partial charge >= 0.3 is 12.1 Å². The highest BCUT2D eigenvalue weighted by Crippen LogP contribution is 2.46. The Morgan fingerprint density at radius 2 is 2.10 bits per heavy atom. The predicted molar refractivity (Wildman–Crippen MR) is 108 cm³/mol. The molecule has 11 nitrogen and oxygen atoms in total. The van der Waals surface area contributed by atoms with E-state index in [4.69, 9.17) is 9.47 Å². The highest BCUT2D eigenvalue weighted by molar-refractivity contribution is 9.09. The molecule has 2 heterocycles. The number of methoxy groups -OCH3 is 1. The van der Waals surface area contributed by atoms with Gasteiger partial charge in [-0.05, 0) is 23.3 Å². The first kappa shape index (κ1) is 22.1. The van der Waals surface area contributed by atoms with Crippen molar-refractivity contribution >= 4 is 51.3 Å². The first-order valence-electron chi connectivity index (χ1n) is 8.45. The number of nitro groups is 1. The fraction of sp³-hybridized carbons (Fsp3) is 0.353. The van der Waals surface area contributed by atoms with Crippen LogP contribution in [-0.4, -0.2) is 62.2 Å². The number of nitrogens with zero attached hydrogens (tertiary/aromatic N) is 2. The molecule has 3 rings (SSSR count). The lowest BCUT2D eigenvalue weighted by Gasteiger charge is -2.55. The Kier molecular flexibility index (Phi) is 6.33. The van der Waals surface area contributed by atoms with Crippen LogP contribution in [0.5, 0.6) is 0 Å². The number of β-lactam (4-membered cyclic amide) rings is 1. The van der Waals surface area contributed by atoms with Crippen molar-refractivity contribution in [1.29, 1.82) is 0 Å². The lowest BCUT2D eigenvalue weighted by Crippen LogP contribution is -2.80. The van der Waals surface area contributed by atoms with Gasteiger partial charge in [-0.3, -0.25) is 25.1 Å².